The van der Waals surface area contributed by atoms with Gasteiger partial charge in [0.1, 0.15) is 35.6 Å². The minimum atomic E-state index is -4.68. The Bertz CT molecular complexity index is 1740. The predicted molar refractivity (Wildman–Crippen MR) is 150 cm³/mol. The van der Waals surface area contributed by atoms with Gasteiger partial charge in [-0.15, -0.1) is 0 Å². The first-order chi connectivity index (χ1) is 20.2. The van der Waals surface area contributed by atoms with Gasteiger partial charge in [-0.2, -0.15) is 18.3 Å². The number of fused-ring (bicyclic) bond motifs is 1. The van der Waals surface area contributed by atoms with Crippen molar-refractivity contribution in [2.75, 3.05) is 5.32 Å². The molecule has 4 aromatic rings. The number of anilines is 1. The quantitative estimate of drug-likeness (QED) is 0.325. The molecule has 224 valence electrons. The molecule has 0 saturated carbocycles. The largest absolute Gasteiger partial charge is 0.433 e. The van der Waals surface area contributed by atoms with Crippen molar-refractivity contribution in [1.82, 2.24) is 34.6 Å². The van der Waals surface area contributed by atoms with Gasteiger partial charge in [0.15, 0.2) is 5.78 Å². The SMILES string of the molecule is CC(=O)c1nn(CC(=O)N2[C@H](C)[C@@H](C)C[C@H]2C(=O)Nc2nc(C(F)(F)F)ccc2C)c2cnc(-c3cnc(C)nc3)cc12. The fourth-order valence-corrected chi connectivity index (χ4v) is 5.21. The van der Waals surface area contributed by atoms with Crippen molar-refractivity contribution in [2.45, 2.75) is 65.8 Å². The van der Waals surface area contributed by atoms with Crippen LogP contribution in [0.5, 0.6) is 0 Å². The molecule has 0 bridgehead atoms. The van der Waals surface area contributed by atoms with Gasteiger partial charge in [-0.1, -0.05) is 13.0 Å². The number of nitrogens with one attached hydrogen (secondary N) is 1. The van der Waals surface area contributed by atoms with Crippen LogP contribution in [0.2, 0.25) is 0 Å². The first kappa shape index (κ1) is 29.7. The summed E-state index contributed by atoms with van der Waals surface area (Å²) in [5, 5.41) is 7.40. The Morgan fingerprint density at radius 2 is 1.74 bits per heavy atom. The van der Waals surface area contributed by atoms with Crippen LogP contribution < -0.4 is 5.32 Å². The van der Waals surface area contributed by atoms with E-state index in [1.165, 1.54) is 35.7 Å². The summed E-state index contributed by atoms with van der Waals surface area (Å²) < 4.78 is 41.1. The molecule has 1 fully saturated rings. The second kappa shape index (κ2) is 11.2. The highest BCUT2D eigenvalue weighted by atomic mass is 19.4. The van der Waals surface area contributed by atoms with E-state index in [9.17, 15) is 27.6 Å². The molecule has 0 radical (unpaired) electrons. The number of ketones is 1. The Hall–Kier alpha value is -4.75. The van der Waals surface area contributed by atoms with Crippen LogP contribution in [-0.2, 0) is 22.3 Å². The van der Waals surface area contributed by atoms with E-state index in [4.69, 9.17) is 0 Å². The number of hydrogen-bond acceptors (Lipinski definition) is 8. The number of aryl methyl sites for hydroxylation is 2. The maximum absolute atomic E-state index is 13.7. The lowest BCUT2D eigenvalue weighted by molar-refractivity contribution is -0.141. The molecule has 0 aromatic carbocycles. The number of carbonyl (C=O) groups excluding carboxylic acids is 3. The lowest BCUT2D eigenvalue weighted by Crippen LogP contribution is -2.47. The van der Waals surface area contributed by atoms with E-state index >= 15 is 0 Å². The van der Waals surface area contributed by atoms with Crippen LogP contribution in [0, 0.1) is 19.8 Å². The molecule has 5 heterocycles. The maximum Gasteiger partial charge on any atom is 0.433 e. The summed E-state index contributed by atoms with van der Waals surface area (Å²) in [5.74, 6) is -1.08. The average molecular weight is 595 g/mol. The third kappa shape index (κ3) is 5.81. The van der Waals surface area contributed by atoms with Crippen molar-refractivity contribution >= 4 is 34.3 Å². The lowest BCUT2D eigenvalue weighted by Gasteiger charge is -2.28. The number of nitrogens with zero attached hydrogens (tertiary/aromatic N) is 7. The molecule has 11 nitrogen and oxygen atoms in total. The molecule has 0 spiro atoms. The van der Waals surface area contributed by atoms with Crippen LogP contribution in [0.1, 0.15) is 54.8 Å². The van der Waals surface area contributed by atoms with Crippen LogP contribution in [0.25, 0.3) is 22.2 Å². The standard InChI is InChI=1S/C29H29F3N8O3/c1-14-6-7-24(29(30,31)32)36-27(14)37-28(43)22-8-15(2)16(3)40(22)25(42)13-39-23-12-35-21(19-10-33-18(5)34-11-19)9-20(23)26(38-39)17(4)41/h6-7,9-12,15-16,22H,8,13H2,1-5H3,(H,36,37,43)/t15-,16+,22-/m0/s1. The molecule has 1 saturated heterocycles. The van der Waals surface area contributed by atoms with E-state index in [0.717, 1.165) is 6.07 Å². The predicted octanol–water partition coefficient (Wildman–Crippen LogP) is 4.39. The number of hydrogen-bond donors (Lipinski definition) is 1. The summed E-state index contributed by atoms with van der Waals surface area (Å²) in [7, 11) is 0. The molecule has 1 aliphatic heterocycles. The fraction of sp³-hybridized carbons (Fsp3) is 0.379. The normalized spacial score (nSPS) is 18.7. The molecular formula is C29H29F3N8O3. The van der Waals surface area contributed by atoms with E-state index in [2.05, 4.69) is 30.4 Å². The highest BCUT2D eigenvalue weighted by molar-refractivity contribution is 6.05. The van der Waals surface area contributed by atoms with Crippen molar-refractivity contribution in [2.24, 2.45) is 5.92 Å². The topological polar surface area (TPSA) is 136 Å². The molecule has 1 N–H and O–H groups in total. The van der Waals surface area contributed by atoms with Crippen LogP contribution in [0.4, 0.5) is 19.0 Å². The van der Waals surface area contributed by atoms with Crippen molar-refractivity contribution in [1.29, 1.82) is 0 Å². The molecule has 43 heavy (non-hydrogen) atoms. The number of halogens is 3. The molecule has 5 rings (SSSR count). The molecule has 1 aliphatic rings. The van der Waals surface area contributed by atoms with E-state index in [-0.39, 0.29) is 35.8 Å². The Balaban J connectivity index is 1.43. The molecule has 3 atom stereocenters. The van der Waals surface area contributed by atoms with E-state index in [1.807, 2.05) is 13.8 Å². The highest BCUT2D eigenvalue weighted by Gasteiger charge is 2.43. The third-order valence-corrected chi connectivity index (χ3v) is 7.74. The zero-order valence-electron chi connectivity index (χ0n) is 24.1. The molecule has 0 unspecified atom stereocenters. The maximum atomic E-state index is 13.7. The van der Waals surface area contributed by atoms with Gasteiger partial charge in [0.05, 0.1) is 17.4 Å². The molecule has 0 aliphatic carbocycles. The fourth-order valence-electron chi connectivity index (χ4n) is 5.21. The van der Waals surface area contributed by atoms with E-state index in [1.54, 1.807) is 25.4 Å². The first-order valence-electron chi connectivity index (χ1n) is 13.6. The van der Waals surface area contributed by atoms with Gasteiger partial charge < -0.3 is 10.2 Å². The highest BCUT2D eigenvalue weighted by Crippen LogP contribution is 2.33. The number of alkyl halides is 3. The number of likely N-dealkylation sites (tertiary alicyclic amines) is 1. The minimum absolute atomic E-state index is 0.0710. The number of rotatable bonds is 6. The Morgan fingerprint density at radius 1 is 1.05 bits per heavy atom. The number of amides is 2. The van der Waals surface area contributed by atoms with Gasteiger partial charge >= 0.3 is 6.18 Å². The summed E-state index contributed by atoms with van der Waals surface area (Å²) in [6, 6.07) is 2.47. The molecular weight excluding hydrogens is 565 g/mol. The van der Waals surface area contributed by atoms with Crippen molar-refractivity contribution in [3.8, 4) is 11.3 Å². The van der Waals surface area contributed by atoms with Gasteiger partial charge in [-0.3, -0.25) is 24.0 Å². The van der Waals surface area contributed by atoms with Gasteiger partial charge in [-0.25, -0.2) is 15.0 Å². The van der Waals surface area contributed by atoms with Crippen molar-refractivity contribution in [3.05, 3.63) is 59.6 Å². The number of aromatic nitrogens is 6. The average Bonchev–Trinajstić information content (AvgIpc) is 3.46. The molecule has 2 amide bonds. The van der Waals surface area contributed by atoms with Crippen molar-refractivity contribution < 1.29 is 27.6 Å². The Morgan fingerprint density at radius 3 is 2.40 bits per heavy atom. The lowest BCUT2D eigenvalue weighted by atomic mass is 10.0. The second-order valence-corrected chi connectivity index (χ2v) is 10.8. The van der Waals surface area contributed by atoms with E-state index in [0.29, 0.717) is 40.0 Å². The van der Waals surface area contributed by atoms with Gasteiger partial charge in [0, 0.05) is 36.3 Å². The Kier molecular flexibility index (Phi) is 7.71. The summed E-state index contributed by atoms with van der Waals surface area (Å²) in [4.78, 5) is 57.5. The monoisotopic (exact) mass is 594 g/mol. The van der Waals surface area contributed by atoms with Crippen molar-refractivity contribution in [3.63, 3.8) is 0 Å². The Labute approximate surface area is 244 Å². The number of carbonyl (C=O) groups is 3. The minimum Gasteiger partial charge on any atom is -0.326 e. The number of pyridine rings is 2. The van der Waals surface area contributed by atoms with Gasteiger partial charge in [0.2, 0.25) is 11.8 Å². The summed E-state index contributed by atoms with van der Waals surface area (Å²) in [6.45, 7) is 8.07. The zero-order chi connectivity index (χ0) is 31.2. The number of Topliss-reactive ketones (excluding diaryl/α,β-unsaturated/α-hetero) is 1. The second-order valence-electron chi connectivity index (χ2n) is 10.8. The smallest absolute Gasteiger partial charge is 0.326 e. The van der Waals surface area contributed by atoms with Gasteiger partial charge in [-0.05, 0) is 50.8 Å². The first-order valence-corrected chi connectivity index (χ1v) is 13.6. The van der Waals surface area contributed by atoms with Crippen LogP contribution in [0.15, 0.2) is 36.8 Å². The van der Waals surface area contributed by atoms with Gasteiger partial charge in [0.25, 0.3) is 0 Å². The van der Waals surface area contributed by atoms with E-state index < -0.39 is 29.7 Å². The van der Waals surface area contributed by atoms with Crippen LogP contribution in [0.3, 0.4) is 0 Å². The molecule has 4 aromatic heterocycles. The van der Waals surface area contributed by atoms with Crippen LogP contribution >= 0.6 is 0 Å². The summed E-state index contributed by atoms with van der Waals surface area (Å²) in [5.41, 5.74) is 0.987. The molecule has 14 heteroatoms. The summed E-state index contributed by atoms with van der Waals surface area (Å²) in [6.07, 6.45) is 0.379. The summed E-state index contributed by atoms with van der Waals surface area (Å²) >= 11 is 0. The van der Waals surface area contributed by atoms with Crippen LogP contribution in [-0.4, -0.2) is 64.3 Å². The zero-order valence-corrected chi connectivity index (χ0v) is 24.1. The third-order valence-electron chi connectivity index (χ3n) is 7.74.